The van der Waals surface area contributed by atoms with Crippen LogP contribution in [0, 0.1) is 0 Å². The van der Waals surface area contributed by atoms with E-state index in [1.54, 1.807) is 12.0 Å². The summed E-state index contributed by atoms with van der Waals surface area (Å²) in [5, 5.41) is 6.43. The van der Waals surface area contributed by atoms with Crippen molar-refractivity contribution in [1.29, 1.82) is 0 Å². The van der Waals surface area contributed by atoms with E-state index >= 15 is 0 Å². The number of ether oxygens (including phenoxy) is 5. The number of carbonyl (C=O) groups is 2. The summed E-state index contributed by atoms with van der Waals surface area (Å²) in [5.74, 6) is 2.25. The number of methoxy groups -OCH3 is 1. The summed E-state index contributed by atoms with van der Waals surface area (Å²) in [4.78, 5) is 29.2. The van der Waals surface area contributed by atoms with Crippen LogP contribution in [0.1, 0.15) is 58.1 Å². The van der Waals surface area contributed by atoms with Crippen molar-refractivity contribution in [2.45, 2.75) is 77.7 Å². The highest BCUT2D eigenvalue weighted by Gasteiger charge is 2.38. The van der Waals surface area contributed by atoms with Gasteiger partial charge >= 0.3 is 6.09 Å². The fourth-order valence-corrected chi connectivity index (χ4v) is 6.44. The summed E-state index contributed by atoms with van der Waals surface area (Å²) in [6.45, 7) is 11.6. The van der Waals surface area contributed by atoms with Crippen molar-refractivity contribution in [2.75, 3.05) is 63.3 Å². The maximum absolute atomic E-state index is 13.3. The number of fused-ring (bicyclic) bond motifs is 1. The molecule has 2 N–H and O–H groups in total. The number of piperazine rings is 1. The number of hydrogen-bond donors (Lipinski definition) is 2. The molecule has 0 aliphatic carbocycles. The van der Waals surface area contributed by atoms with Gasteiger partial charge in [-0.2, -0.15) is 0 Å². The monoisotopic (exact) mass is 702 g/mol. The number of hydrogen-bond acceptors (Lipinski definition) is 9. The Balaban J connectivity index is 1.27. The molecule has 51 heavy (non-hydrogen) atoms. The van der Waals surface area contributed by atoms with E-state index in [0.29, 0.717) is 52.4 Å². The quantitative estimate of drug-likeness (QED) is 0.173. The van der Waals surface area contributed by atoms with Crippen molar-refractivity contribution >= 4 is 23.4 Å². The van der Waals surface area contributed by atoms with Gasteiger partial charge in [-0.3, -0.25) is 4.79 Å². The van der Waals surface area contributed by atoms with Gasteiger partial charge in [0.05, 0.1) is 33.0 Å². The molecule has 1 unspecified atom stereocenters. The lowest BCUT2D eigenvalue weighted by Gasteiger charge is -2.45. The van der Waals surface area contributed by atoms with Gasteiger partial charge in [0, 0.05) is 75.5 Å². The van der Waals surface area contributed by atoms with E-state index in [1.807, 2.05) is 63.2 Å². The Hall–Kier alpha value is -4.64. The molecule has 0 aromatic heterocycles. The molecule has 1 fully saturated rings. The minimum Gasteiger partial charge on any atom is -0.496 e. The number of benzene rings is 3. The fourth-order valence-electron chi connectivity index (χ4n) is 6.44. The minimum absolute atomic E-state index is 0.0961. The summed E-state index contributed by atoms with van der Waals surface area (Å²) < 4.78 is 29.9. The SMILES string of the molecule is COc1ccccc1COCCCOc1ccc(N2CCN(C(=O)OC(C)(C)C)C[C@@H]2C(CCNC(C)=O)Oc2ccc3c(c2)NCCC3)cc1. The molecule has 2 amide bonds. The number of aryl methyl sites for hydroxylation is 1. The lowest BCUT2D eigenvalue weighted by atomic mass is 10.0. The summed E-state index contributed by atoms with van der Waals surface area (Å²) >= 11 is 0. The molecule has 0 bridgehead atoms. The summed E-state index contributed by atoms with van der Waals surface area (Å²) in [6, 6.07) is 21.9. The van der Waals surface area contributed by atoms with Gasteiger partial charge in [0.1, 0.15) is 29.0 Å². The van der Waals surface area contributed by atoms with Crippen molar-refractivity contribution in [3.63, 3.8) is 0 Å². The topological polar surface area (TPSA) is 111 Å². The lowest BCUT2D eigenvalue weighted by Crippen LogP contribution is -2.61. The van der Waals surface area contributed by atoms with Crippen molar-refractivity contribution in [3.05, 3.63) is 77.9 Å². The Labute approximate surface area is 302 Å². The smallest absolute Gasteiger partial charge is 0.410 e. The number of anilines is 2. The highest BCUT2D eigenvalue weighted by atomic mass is 16.6. The fraction of sp³-hybridized carbons (Fsp3) is 0.500. The molecule has 11 heteroatoms. The number of rotatable bonds is 15. The lowest BCUT2D eigenvalue weighted by molar-refractivity contribution is -0.119. The standard InChI is InChI=1S/C40H54N4O7/c1-29(45)41-21-19-38(50-34-16-13-30-11-8-20-42-35(30)26-34)36-27-43(39(46)51-40(2,3)4)22-23-44(36)32-14-17-33(18-15-32)49-25-9-24-48-28-31-10-6-7-12-37(31)47-5/h6-7,10,12-18,26,36,38,42H,8-9,11,19-25,27-28H2,1-5H3,(H,41,45)/t36-,38?/m1/s1. The van der Waals surface area contributed by atoms with Crippen LogP contribution in [-0.2, 0) is 27.3 Å². The van der Waals surface area contributed by atoms with Crippen LogP contribution >= 0.6 is 0 Å². The zero-order valence-electron chi connectivity index (χ0n) is 30.7. The second kappa shape index (κ2) is 18.0. The van der Waals surface area contributed by atoms with Crippen molar-refractivity contribution in [3.8, 4) is 17.2 Å². The van der Waals surface area contributed by atoms with Gasteiger partial charge in [-0.25, -0.2) is 4.79 Å². The third-order valence-electron chi connectivity index (χ3n) is 8.93. The Morgan fingerprint density at radius 2 is 1.78 bits per heavy atom. The van der Waals surface area contributed by atoms with Gasteiger partial charge in [0.15, 0.2) is 0 Å². The number of carbonyl (C=O) groups excluding carboxylic acids is 2. The van der Waals surface area contributed by atoms with Crippen LogP contribution in [0.5, 0.6) is 17.2 Å². The highest BCUT2D eigenvalue weighted by molar-refractivity contribution is 5.72. The predicted molar refractivity (Wildman–Crippen MR) is 199 cm³/mol. The van der Waals surface area contributed by atoms with Crippen molar-refractivity contribution in [2.24, 2.45) is 0 Å². The molecular formula is C40H54N4O7. The molecule has 3 aromatic carbocycles. The van der Waals surface area contributed by atoms with E-state index in [4.69, 9.17) is 23.7 Å². The first-order valence-corrected chi connectivity index (χ1v) is 18.0. The molecule has 1 saturated heterocycles. The molecule has 0 spiro atoms. The zero-order chi connectivity index (χ0) is 36.2. The summed E-state index contributed by atoms with van der Waals surface area (Å²) in [5.41, 5.74) is 3.77. The second-order valence-corrected chi connectivity index (χ2v) is 14.0. The molecule has 2 aliphatic rings. The van der Waals surface area contributed by atoms with Crippen LogP contribution in [0.2, 0.25) is 0 Å². The van der Waals surface area contributed by atoms with E-state index in [-0.39, 0.29) is 24.1 Å². The Bertz CT molecular complexity index is 1580. The van der Waals surface area contributed by atoms with Gasteiger partial charge < -0.3 is 44.1 Å². The normalized spacial score (nSPS) is 16.4. The average Bonchev–Trinajstić information content (AvgIpc) is 3.12. The van der Waals surface area contributed by atoms with Gasteiger partial charge in [-0.15, -0.1) is 0 Å². The highest BCUT2D eigenvalue weighted by Crippen LogP contribution is 2.31. The molecular weight excluding hydrogens is 648 g/mol. The summed E-state index contributed by atoms with van der Waals surface area (Å²) in [6.07, 6.45) is 2.74. The largest absolute Gasteiger partial charge is 0.496 e. The van der Waals surface area contributed by atoms with E-state index in [9.17, 15) is 9.59 Å². The minimum atomic E-state index is -0.613. The molecule has 2 aliphatic heterocycles. The van der Waals surface area contributed by atoms with E-state index in [1.165, 1.54) is 12.5 Å². The first-order chi connectivity index (χ1) is 24.6. The number of nitrogens with one attached hydrogen (secondary N) is 2. The molecule has 5 rings (SSSR count). The first-order valence-electron chi connectivity index (χ1n) is 18.0. The molecule has 0 saturated carbocycles. The van der Waals surface area contributed by atoms with Crippen LogP contribution < -0.4 is 29.7 Å². The van der Waals surface area contributed by atoms with Crippen LogP contribution in [0.4, 0.5) is 16.2 Å². The van der Waals surface area contributed by atoms with E-state index in [2.05, 4.69) is 39.8 Å². The molecule has 0 radical (unpaired) electrons. The van der Waals surface area contributed by atoms with Gasteiger partial charge in [-0.1, -0.05) is 24.3 Å². The van der Waals surface area contributed by atoms with Gasteiger partial charge in [0.25, 0.3) is 0 Å². The van der Waals surface area contributed by atoms with Gasteiger partial charge in [-0.05, 0) is 75.6 Å². The third kappa shape index (κ3) is 11.2. The molecule has 11 nitrogen and oxygen atoms in total. The Morgan fingerprint density at radius 1 is 1.00 bits per heavy atom. The first kappa shape index (κ1) is 37.6. The van der Waals surface area contributed by atoms with Crippen LogP contribution in [0.15, 0.2) is 66.7 Å². The van der Waals surface area contributed by atoms with E-state index in [0.717, 1.165) is 60.0 Å². The van der Waals surface area contributed by atoms with Crippen LogP contribution in [0.25, 0.3) is 0 Å². The molecule has 2 atom stereocenters. The number of para-hydroxylation sites is 1. The third-order valence-corrected chi connectivity index (χ3v) is 8.93. The van der Waals surface area contributed by atoms with Crippen LogP contribution in [-0.4, -0.2) is 87.7 Å². The second-order valence-electron chi connectivity index (χ2n) is 14.0. The Morgan fingerprint density at radius 3 is 2.55 bits per heavy atom. The maximum Gasteiger partial charge on any atom is 0.410 e. The van der Waals surface area contributed by atoms with Crippen molar-refractivity contribution < 1.29 is 33.3 Å². The molecule has 2 heterocycles. The zero-order valence-corrected chi connectivity index (χ0v) is 30.7. The van der Waals surface area contributed by atoms with Crippen molar-refractivity contribution in [1.82, 2.24) is 10.2 Å². The Kier molecular flexibility index (Phi) is 13.3. The number of amides is 2. The number of nitrogens with zero attached hydrogens (tertiary/aromatic N) is 2. The van der Waals surface area contributed by atoms with E-state index < -0.39 is 5.60 Å². The van der Waals surface area contributed by atoms with Crippen LogP contribution in [0.3, 0.4) is 0 Å². The molecule has 3 aromatic rings. The average molecular weight is 703 g/mol. The predicted octanol–water partition coefficient (Wildman–Crippen LogP) is 6.44. The molecule has 276 valence electrons. The van der Waals surface area contributed by atoms with Gasteiger partial charge in [0.2, 0.25) is 5.91 Å². The maximum atomic E-state index is 13.3. The summed E-state index contributed by atoms with van der Waals surface area (Å²) in [7, 11) is 1.66.